The molecule has 1 atom stereocenters. The second-order valence-electron chi connectivity index (χ2n) is 7.39. The standard InChI is InChI=1S/C24H21Br2N3O/c1-28(2)19-7-5-6-17(14-19)22-15-23(16-10-12-18(25)13-11-16)29(27-22)24(30)20-8-3-4-9-21(20)26/h3-14,23H,15H2,1-2H3. The van der Waals surface area contributed by atoms with Crippen LogP contribution in [0.2, 0.25) is 0 Å². The highest BCUT2D eigenvalue weighted by molar-refractivity contribution is 9.10. The molecule has 4 rings (SSSR count). The van der Waals surface area contributed by atoms with E-state index in [4.69, 9.17) is 5.10 Å². The number of hydrazone groups is 1. The molecule has 1 aliphatic heterocycles. The number of nitrogens with zero attached hydrogens (tertiary/aromatic N) is 3. The Morgan fingerprint density at radius 2 is 1.73 bits per heavy atom. The third kappa shape index (κ3) is 4.20. The van der Waals surface area contributed by atoms with E-state index in [9.17, 15) is 4.79 Å². The summed E-state index contributed by atoms with van der Waals surface area (Å²) < 4.78 is 1.77. The third-order valence-electron chi connectivity index (χ3n) is 5.17. The Morgan fingerprint density at radius 3 is 2.43 bits per heavy atom. The molecule has 0 bridgehead atoms. The molecule has 1 unspecified atom stereocenters. The van der Waals surface area contributed by atoms with Gasteiger partial charge in [0.15, 0.2) is 0 Å². The normalized spacial score (nSPS) is 15.8. The van der Waals surface area contributed by atoms with E-state index in [0.717, 1.165) is 31.5 Å². The molecule has 6 heteroatoms. The predicted molar refractivity (Wildman–Crippen MR) is 129 cm³/mol. The van der Waals surface area contributed by atoms with Gasteiger partial charge in [0.05, 0.1) is 17.3 Å². The summed E-state index contributed by atoms with van der Waals surface area (Å²) in [5.41, 5.74) is 4.71. The molecule has 1 aliphatic rings. The second kappa shape index (κ2) is 8.74. The van der Waals surface area contributed by atoms with Gasteiger partial charge >= 0.3 is 0 Å². The van der Waals surface area contributed by atoms with E-state index in [1.54, 1.807) is 5.01 Å². The molecular formula is C24H21Br2N3O. The maximum atomic E-state index is 13.4. The number of carbonyl (C=O) groups is 1. The van der Waals surface area contributed by atoms with E-state index < -0.39 is 0 Å². The summed E-state index contributed by atoms with van der Waals surface area (Å²) in [7, 11) is 4.03. The fourth-order valence-corrected chi connectivity index (χ4v) is 4.26. The van der Waals surface area contributed by atoms with Crippen molar-refractivity contribution >= 4 is 49.2 Å². The van der Waals surface area contributed by atoms with Crippen LogP contribution in [0.5, 0.6) is 0 Å². The summed E-state index contributed by atoms with van der Waals surface area (Å²) in [5.74, 6) is -0.117. The number of benzene rings is 3. The Hall–Kier alpha value is -2.44. The first-order valence-electron chi connectivity index (χ1n) is 9.63. The molecule has 30 heavy (non-hydrogen) atoms. The zero-order valence-corrected chi connectivity index (χ0v) is 19.9. The molecule has 4 nitrogen and oxygen atoms in total. The Morgan fingerprint density at radius 1 is 1.00 bits per heavy atom. The highest BCUT2D eigenvalue weighted by Gasteiger charge is 2.34. The van der Waals surface area contributed by atoms with Crippen molar-refractivity contribution in [2.24, 2.45) is 5.10 Å². The van der Waals surface area contributed by atoms with Gasteiger partial charge in [0, 0.05) is 35.1 Å². The van der Waals surface area contributed by atoms with Crippen molar-refractivity contribution in [2.45, 2.75) is 12.5 Å². The summed E-state index contributed by atoms with van der Waals surface area (Å²) >= 11 is 7.00. The largest absolute Gasteiger partial charge is 0.378 e. The highest BCUT2D eigenvalue weighted by Crippen LogP contribution is 2.35. The second-order valence-corrected chi connectivity index (χ2v) is 9.16. The van der Waals surface area contributed by atoms with Crippen LogP contribution in [0.15, 0.2) is 86.8 Å². The average molecular weight is 527 g/mol. The summed E-state index contributed by atoms with van der Waals surface area (Å²) in [5, 5.41) is 6.43. The van der Waals surface area contributed by atoms with Crippen molar-refractivity contribution in [1.29, 1.82) is 0 Å². The van der Waals surface area contributed by atoms with Crippen molar-refractivity contribution < 1.29 is 4.79 Å². The number of halogens is 2. The minimum Gasteiger partial charge on any atom is -0.378 e. The minimum absolute atomic E-state index is 0.117. The molecule has 0 saturated heterocycles. The number of carbonyl (C=O) groups excluding carboxylic acids is 1. The quantitative estimate of drug-likeness (QED) is 0.401. The summed E-state index contributed by atoms with van der Waals surface area (Å²) in [6.07, 6.45) is 0.661. The van der Waals surface area contributed by atoms with Crippen LogP contribution < -0.4 is 4.90 Å². The highest BCUT2D eigenvalue weighted by atomic mass is 79.9. The Balaban J connectivity index is 1.75. The van der Waals surface area contributed by atoms with Crippen LogP contribution >= 0.6 is 31.9 Å². The van der Waals surface area contributed by atoms with Crippen molar-refractivity contribution in [3.63, 3.8) is 0 Å². The fraction of sp³-hybridized carbons (Fsp3) is 0.167. The van der Waals surface area contributed by atoms with Gasteiger partial charge in [0.2, 0.25) is 0 Å². The molecule has 3 aromatic carbocycles. The Labute approximate surface area is 193 Å². The van der Waals surface area contributed by atoms with Gasteiger partial charge in [-0.1, -0.05) is 52.3 Å². The molecule has 3 aromatic rings. The van der Waals surface area contributed by atoms with E-state index in [1.807, 2.05) is 68.7 Å². The van der Waals surface area contributed by atoms with Crippen molar-refractivity contribution in [3.8, 4) is 0 Å². The van der Waals surface area contributed by atoms with Gasteiger partial charge in [0.1, 0.15) is 0 Å². The summed E-state index contributed by atoms with van der Waals surface area (Å²) in [6, 6.07) is 23.7. The first-order chi connectivity index (χ1) is 14.4. The lowest BCUT2D eigenvalue weighted by atomic mass is 9.98. The average Bonchev–Trinajstić information content (AvgIpc) is 3.20. The summed E-state index contributed by atoms with van der Waals surface area (Å²) in [6.45, 7) is 0. The molecule has 0 fully saturated rings. The maximum Gasteiger partial charge on any atom is 0.275 e. The van der Waals surface area contributed by atoms with Crippen molar-refractivity contribution in [3.05, 3.63) is 98.4 Å². The van der Waals surface area contributed by atoms with E-state index in [1.165, 1.54) is 0 Å². The molecule has 152 valence electrons. The molecule has 0 aromatic heterocycles. The SMILES string of the molecule is CN(C)c1cccc(C2=NN(C(=O)c3ccccc3Br)C(c3ccc(Br)cc3)C2)c1. The van der Waals surface area contributed by atoms with E-state index in [0.29, 0.717) is 12.0 Å². The number of hydrogen-bond donors (Lipinski definition) is 0. The van der Waals surface area contributed by atoms with E-state index in [-0.39, 0.29) is 11.9 Å². The first-order valence-corrected chi connectivity index (χ1v) is 11.2. The predicted octanol–water partition coefficient (Wildman–Crippen LogP) is 6.27. The molecule has 0 N–H and O–H groups in total. The molecule has 0 spiro atoms. The van der Waals surface area contributed by atoms with Crippen LogP contribution in [0.25, 0.3) is 0 Å². The van der Waals surface area contributed by atoms with Gasteiger partial charge in [-0.05, 0) is 63.5 Å². The first kappa shape index (κ1) is 20.8. The number of hydrogen-bond acceptors (Lipinski definition) is 3. The molecule has 1 amide bonds. The van der Waals surface area contributed by atoms with Gasteiger partial charge in [-0.3, -0.25) is 4.79 Å². The number of rotatable bonds is 4. The van der Waals surface area contributed by atoms with Crippen LogP contribution in [-0.2, 0) is 0 Å². The zero-order valence-electron chi connectivity index (χ0n) is 16.7. The van der Waals surface area contributed by atoms with Crippen LogP contribution in [0.1, 0.15) is 33.9 Å². The van der Waals surface area contributed by atoms with Gasteiger partial charge in [-0.2, -0.15) is 5.10 Å². The van der Waals surface area contributed by atoms with Gasteiger partial charge in [0.25, 0.3) is 5.91 Å². The number of amides is 1. The molecule has 0 aliphatic carbocycles. The zero-order chi connectivity index (χ0) is 21.3. The van der Waals surface area contributed by atoms with Crippen molar-refractivity contribution in [1.82, 2.24) is 5.01 Å². The molecule has 0 radical (unpaired) electrons. The smallest absolute Gasteiger partial charge is 0.275 e. The fourth-order valence-electron chi connectivity index (χ4n) is 3.54. The van der Waals surface area contributed by atoms with Gasteiger partial charge < -0.3 is 4.90 Å². The van der Waals surface area contributed by atoms with Crippen LogP contribution in [0.3, 0.4) is 0 Å². The maximum absolute atomic E-state index is 13.4. The van der Waals surface area contributed by atoms with Crippen LogP contribution in [-0.4, -0.2) is 30.7 Å². The van der Waals surface area contributed by atoms with Gasteiger partial charge in [-0.15, -0.1) is 0 Å². The molecular weight excluding hydrogens is 506 g/mol. The van der Waals surface area contributed by atoms with E-state index >= 15 is 0 Å². The van der Waals surface area contributed by atoms with E-state index in [2.05, 4.69) is 55.0 Å². The lowest BCUT2D eigenvalue weighted by molar-refractivity contribution is 0.0710. The van der Waals surface area contributed by atoms with Crippen LogP contribution in [0, 0.1) is 0 Å². The monoisotopic (exact) mass is 525 g/mol. The number of anilines is 1. The molecule has 0 saturated carbocycles. The minimum atomic E-state index is -0.157. The lowest BCUT2D eigenvalue weighted by Crippen LogP contribution is -2.27. The third-order valence-corrected chi connectivity index (χ3v) is 6.39. The Kier molecular flexibility index (Phi) is 6.06. The Bertz CT molecular complexity index is 1110. The lowest BCUT2D eigenvalue weighted by Gasteiger charge is -2.22. The van der Waals surface area contributed by atoms with Gasteiger partial charge in [-0.25, -0.2) is 5.01 Å². The summed E-state index contributed by atoms with van der Waals surface area (Å²) in [4.78, 5) is 15.5. The topological polar surface area (TPSA) is 35.9 Å². The van der Waals surface area contributed by atoms with Crippen molar-refractivity contribution in [2.75, 3.05) is 19.0 Å². The van der Waals surface area contributed by atoms with Crippen LogP contribution in [0.4, 0.5) is 5.69 Å². The molecule has 1 heterocycles.